The first-order chi connectivity index (χ1) is 9.66. The Kier molecular flexibility index (Phi) is 3.36. The molecule has 2 aromatic heterocycles. The maximum atomic E-state index is 12.3. The van der Waals surface area contributed by atoms with Crippen molar-refractivity contribution in [3.05, 3.63) is 58.5 Å². The van der Waals surface area contributed by atoms with E-state index in [9.17, 15) is 4.79 Å². The van der Waals surface area contributed by atoms with Crippen LogP contribution in [0.2, 0.25) is 0 Å². The number of rotatable bonds is 3. The van der Waals surface area contributed by atoms with Gasteiger partial charge in [0.1, 0.15) is 5.69 Å². The highest BCUT2D eigenvalue weighted by molar-refractivity contribution is 9.10. The van der Waals surface area contributed by atoms with Gasteiger partial charge in [0.05, 0.1) is 17.6 Å². The topological polar surface area (TPSA) is 47.8 Å². The third-order valence-corrected chi connectivity index (χ3v) is 3.82. The SMILES string of the molecule is Cn1nc(CC(=O)c2ncccc2Br)c2ccccc21. The van der Waals surface area contributed by atoms with Crippen molar-refractivity contribution < 1.29 is 4.79 Å². The second kappa shape index (κ2) is 5.17. The molecule has 0 aliphatic rings. The Labute approximate surface area is 124 Å². The minimum atomic E-state index is -0.0404. The molecule has 0 spiro atoms. The van der Waals surface area contributed by atoms with Crippen LogP contribution in [0.4, 0.5) is 0 Å². The van der Waals surface area contributed by atoms with Crippen LogP contribution in [-0.2, 0) is 13.5 Å². The van der Waals surface area contributed by atoms with Crippen molar-refractivity contribution in [3.8, 4) is 0 Å². The molecule has 0 atom stereocenters. The minimum Gasteiger partial charge on any atom is -0.292 e. The average Bonchev–Trinajstić information content (AvgIpc) is 2.76. The van der Waals surface area contributed by atoms with Crippen molar-refractivity contribution in [3.63, 3.8) is 0 Å². The highest BCUT2D eigenvalue weighted by Crippen LogP contribution is 2.20. The molecule has 0 unspecified atom stereocenters. The summed E-state index contributed by atoms with van der Waals surface area (Å²) in [6.07, 6.45) is 1.87. The molecular formula is C15H12BrN3O. The zero-order valence-corrected chi connectivity index (χ0v) is 12.5. The van der Waals surface area contributed by atoms with Gasteiger partial charge in [-0.25, -0.2) is 0 Å². The molecule has 0 amide bonds. The molecule has 0 saturated carbocycles. The molecule has 4 nitrogen and oxygen atoms in total. The third kappa shape index (κ3) is 2.25. The number of hydrogen-bond donors (Lipinski definition) is 0. The molecule has 100 valence electrons. The monoisotopic (exact) mass is 329 g/mol. The molecule has 20 heavy (non-hydrogen) atoms. The van der Waals surface area contributed by atoms with Gasteiger partial charge in [-0.1, -0.05) is 18.2 Å². The molecule has 3 aromatic rings. The van der Waals surface area contributed by atoms with Crippen LogP contribution in [0, 0.1) is 0 Å². The van der Waals surface area contributed by atoms with E-state index < -0.39 is 0 Å². The molecule has 1 aromatic carbocycles. The quantitative estimate of drug-likeness (QED) is 0.693. The Bertz CT molecular complexity index is 795. The number of benzene rings is 1. The summed E-state index contributed by atoms with van der Waals surface area (Å²) in [4.78, 5) is 16.5. The van der Waals surface area contributed by atoms with E-state index in [4.69, 9.17) is 0 Å². The van der Waals surface area contributed by atoms with Gasteiger partial charge in [0.25, 0.3) is 0 Å². The van der Waals surface area contributed by atoms with Gasteiger partial charge in [-0.3, -0.25) is 14.5 Å². The van der Waals surface area contributed by atoms with Crippen molar-refractivity contribution >= 4 is 32.6 Å². The molecule has 0 radical (unpaired) electrons. The summed E-state index contributed by atoms with van der Waals surface area (Å²) in [6.45, 7) is 0. The molecule has 0 saturated heterocycles. The molecule has 0 aliphatic carbocycles. The summed E-state index contributed by atoms with van der Waals surface area (Å²) >= 11 is 3.36. The molecule has 0 fully saturated rings. The summed E-state index contributed by atoms with van der Waals surface area (Å²) in [5.74, 6) is -0.0404. The van der Waals surface area contributed by atoms with Crippen molar-refractivity contribution in [1.82, 2.24) is 14.8 Å². The normalized spacial score (nSPS) is 10.9. The first kappa shape index (κ1) is 13.0. The molecule has 2 heterocycles. The number of nitrogens with zero attached hydrogens (tertiary/aromatic N) is 3. The Morgan fingerprint density at radius 2 is 2.05 bits per heavy atom. The maximum Gasteiger partial charge on any atom is 0.188 e. The third-order valence-electron chi connectivity index (χ3n) is 3.18. The van der Waals surface area contributed by atoms with Crippen LogP contribution in [0.5, 0.6) is 0 Å². The molecule has 5 heteroatoms. The van der Waals surface area contributed by atoms with Crippen LogP contribution in [-0.4, -0.2) is 20.5 Å². The first-order valence-electron chi connectivity index (χ1n) is 6.21. The van der Waals surface area contributed by atoms with E-state index in [0.717, 1.165) is 16.6 Å². The summed E-state index contributed by atoms with van der Waals surface area (Å²) in [6, 6.07) is 11.5. The second-order valence-corrected chi connectivity index (χ2v) is 5.38. The fraction of sp³-hybridized carbons (Fsp3) is 0.133. The van der Waals surface area contributed by atoms with Crippen LogP contribution < -0.4 is 0 Å². The molecule has 0 bridgehead atoms. The van der Waals surface area contributed by atoms with Crippen molar-refractivity contribution in [2.45, 2.75) is 6.42 Å². The highest BCUT2D eigenvalue weighted by atomic mass is 79.9. The summed E-state index contributed by atoms with van der Waals surface area (Å²) in [7, 11) is 1.88. The molecule has 3 rings (SSSR count). The number of aromatic nitrogens is 3. The van der Waals surface area contributed by atoms with Gasteiger partial charge in [0.15, 0.2) is 5.78 Å². The van der Waals surface area contributed by atoms with E-state index >= 15 is 0 Å². The van der Waals surface area contributed by atoms with E-state index in [-0.39, 0.29) is 12.2 Å². The van der Waals surface area contributed by atoms with Crippen molar-refractivity contribution in [2.75, 3.05) is 0 Å². The van der Waals surface area contributed by atoms with Gasteiger partial charge < -0.3 is 0 Å². The Morgan fingerprint density at radius 3 is 2.85 bits per heavy atom. The van der Waals surface area contributed by atoms with Crippen LogP contribution in [0.3, 0.4) is 0 Å². The lowest BCUT2D eigenvalue weighted by Gasteiger charge is -2.01. The Balaban J connectivity index is 1.98. The van der Waals surface area contributed by atoms with E-state index in [1.165, 1.54) is 0 Å². The highest BCUT2D eigenvalue weighted by Gasteiger charge is 2.16. The Morgan fingerprint density at radius 1 is 1.25 bits per heavy atom. The number of carbonyl (C=O) groups excluding carboxylic acids is 1. The summed E-state index contributed by atoms with van der Waals surface area (Å²) in [5.41, 5.74) is 2.25. The lowest BCUT2D eigenvalue weighted by Crippen LogP contribution is -2.07. The number of fused-ring (bicyclic) bond motifs is 1. The summed E-state index contributed by atoms with van der Waals surface area (Å²) < 4.78 is 2.51. The Hall–Kier alpha value is -2.01. The predicted molar refractivity (Wildman–Crippen MR) is 80.7 cm³/mol. The number of hydrogen-bond acceptors (Lipinski definition) is 3. The molecular weight excluding hydrogens is 318 g/mol. The summed E-state index contributed by atoms with van der Waals surface area (Å²) in [5, 5.41) is 5.45. The fourth-order valence-electron chi connectivity index (χ4n) is 2.25. The van der Waals surface area contributed by atoms with Crippen molar-refractivity contribution in [2.24, 2.45) is 7.05 Å². The van der Waals surface area contributed by atoms with Crippen LogP contribution >= 0.6 is 15.9 Å². The number of Topliss-reactive ketones (excluding diaryl/α,β-unsaturated/α-hetero) is 1. The molecule has 0 N–H and O–H groups in total. The second-order valence-electron chi connectivity index (χ2n) is 4.52. The van der Waals surface area contributed by atoms with Gasteiger partial charge in [0.2, 0.25) is 0 Å². The number of para-hydroxylation sites is 1. The van der Waals surface area contributed by atoms with Gasteiger partial charge >= 0.3 is 0 Å². The van der Waals surface area contributed by atoms with Gasteiger partial charge in [-0.15, -0.1) is 0 Å². The number of ketones is 1. The van der Waals surface area contributed by atoms with Gasteiger partial charge in [-0.2, -0.15) is 5.10 Å². The van der Waals surface area contributed by atoms with Crippen LogP contribution in [0.1, 0.15) is 16.2 Å². The van der Waals surface area contributed by atoms with Gasteiger partial charge in [0, 0.05) is 23.1 Å². The average molecular weight is 330 g/mol. The standard InChI is InChI=1S/C15H12BrN3O/c1-19-13-7-3-2-5-10(13)12(18-19)9-14(20)15-11(16)6-4-8-17-15/h2-8H,9H2,1H3. The predicted octanol–water partition coefficient (Wildman–Crippen LogP) is 3.16. The first-order valence-corrected chi connectivity index (χ1v) is 7.00. The maximum absolute atomic E-state index is 12.3. The largest absolute Gasteiger partial charge is 0.292 e. The zero-order chi connectivity index (χ0) is 14.1. The smallest absolute Gasteiger partial charge is 0.188 e. The number of aryl methyl sites for hydroxylation is 1. The number of halogens is 1. The van der Waals surface area contributed by atoms with Crippen LogP contribution in [0.15, 0.2) is 47.1 Å². The van der Waals surface area contributed by atoms with E-state index in [2.05, 4.69) is 26.0 Å². The van der Waals surface area contributed by atoms with Gasteiger partial charge in [-0.05, 0) is 34.1 Å². The minimum absolute atomic E-state index is 0.0404. The van der Waals surface area contributed by atoms with Crippen LogP contribution in [0.25, 0.3) is 10.9 Å². The lowest BCUT2D eigenvalue weighted by atomic mass is 10.1. The zero-order valence-electron chi connectivity index (χ0n) is 10.9. The fourth-order valence-corrected chi connectivity index (χ4v) is 2.72. The lowest BCUT2D eigenvalue weighted by molar-refractivity contribution is 0.0986. The van der Waals surface area contributed by atoms with E-state index in [1.807, 2.05) is 37.4 Å². The molecule has 0 aliphatic heterocycles. The number of pyridine rings is 1. The van der Waals surface area contributed by atoms with Crippen molar-refractivity contribution in [1.29, 1.82) is 0 Å². The van der Waals surface area contributed by atoms with E-state index in [1.54, 1.807) is 16.9 Å². The number of carbonyl (C=O) groups is 1. The van der Waals surface area contributed by atoms with E-state index in [0.29, 0.717) is 10.2 Å².